The summed E-state index contributed by atoms with van der Waals surface area (Å²) in [7, 11) is 0. The second kappa shape index (κ2) is 5.21. The van der Waals surface area contributed by atoms with Crippen LogP contribution in [0.5, 0.6) is 0 Å². The van der Waals surface area contributed by atoms with Crippen LogP contribution in [-0.2, 0) is 4.79 Å². The molecule has 17 heavy (non-hydrogen) atoms. The van der Waals surface area contributed by atoms with Gasteiger partial charge >= 0.3 is 12.0 Å². The lowest BCUT2D eigenvalue weighted by Crippen LogP contribution is -2.41. The Balaban J connectivity index is 2.46. The van der Waals surface area contributed by atoms with Crippen LogP contribution < -0.4 is 5.32 Å². The summed E-state index contributed by atoms with van der Waals surface area (Å²) in [6.07, 6.45) is 2.43. The summed E-state index contributed by atoms with van der Waals surface area (Å²) in [6, 6.07) is -0.188. The second-order valence-electron chi connectivity index (χ2n) is 5.00. The van der Waals surface area contributed by atoms with Crippen molar-refractivity contribution in [1.29, 1.82) is 0 Å². The van der Waals surface area contributed by atoms with Gasteiger partial charge < -0.3 is 15.3 Å². The van der Waals surface area contributed by atoms with Crippen molar-refractivity contribution < 1.29 is 14.7 Å². The van der Waals surface area contributed by atoms with Gasteiger partial charge in [0, 0.05) is 19.6 Å². The Hall–Kier alpha value is -1.52. The molecule has 0 saturated carbocycles. The van der Waals surface area contributed by atoms with Crippen LogP contribution in [0.15, 0.2) is 11.6 Å². The molecule has 1 aliphatic heterocycles. The summed E-state index contributed by atoms with van der Waals surface area (Å²) in [4.78, 5) is 24.3. The Morgan fingerprint density at radius 1 is 1.47 bits per heavy atom. The molecule has 5 heteroatoms. The quantitative estimate of drug-likeness (QED) is 0.734. The van der Waals surface area contributed by atoms with Crippen LogP contribution >= 0.6 is 0 Å². The van der Waals surface area contributed by atoms with E-state index >= 15 is 0 Å². The Bertz CT molecular complexity index is 348. The average Bonchev–Trinajstić information content (AvgIpc) is 2.62. The first-order chi connectivity index (χ1) is 7.85. The van der Waals surface area contributed by atoms with Gasteiger partial charge in [0.25, 0.3) is 0 Å². The van der Waals surface area contributed by atoms with E-state index < -0.39 is 11.4 Å². The van der Waals surface area contributed by atoms with Crippen molar-refractivity contribution in [2.45, 2.75) is 27.2 Å². The van der Waals surface area contributed by atoms with Gasteiger partial charge in [0.05, 0.1) is 5.41 Å². The predicted molar refractivity (Wildman–Crippen MR) is 64.8 cm³/mol. The SMILES string of the molecule is CC(C)=CCNC(=O)N1CCC(C)(C(=O)O)C1. The first-order valence-corrected chi connectivity index (χ1v) is 5.75. The fraction of sp³-hybridized carbons (Fsp3) is 0.667. The van der Waals surface area contributed by atoms with Crippen LogP contribution in [0, 0.1) is 5.41 Å². The topological polar surface area (TPSA) is 69.6 Å². The largest absolute Gasteiger partial charge is 0.481 e. The molecule has 1 aliphatic rings. The van der Waals surface area contributed by atoms with Crippen molar-refractivity contribution in [3.05, 3.63) is 11.6 Å². The maximum Gasteiger partial charge on any atom is 0.317 e. The minimum atomic E-state index is -0.836. The number of amides is 2. The Labute approximate surface area is 101 Å². The van der Waals surface area contributed by atoms with E-state index in [0.29, 0.717) is 19.5 Å². The lowest BCUT2D eigenvalue weighted by atomic mass is 9.90. The first-order valence-electron chi connectivity index (χ1n) is 5.75. The van der Waals surface area contributed by atoms with Crippen molar-refractivity contribution in [2.75, 3.05) is 19.6 Å². The highest BCUT2D eigenvalue weighted by Crippen LogP contribution is 2.29. The molecule has 2 amide bonds. The van der Waals surface area contributed by atoms with E-state index in [1.807, 2.05) is 19.9 Å². The third kappa shape index (κ3) is 3.47. The number of hydrogen-bond acceptors (Lipinski definition) is 2. The van der Waals surface area contributed by atoms with E-state index in [-0.39, 0.29) is 12.6 Å². The van der Waals surface area contributed by atoms with Gasteiger partial charge in [-0.25, -0.2) is 4.79 Å². The minimum absolute atomic E-state index is 0.188. The number of carbonyl (C=O) groups is 2. The van der Waals surface area contributed by atoms with E-state index in [1.165, 1.54) is 0 Å². The number of nitrogens with one attached hydrogen (secondary N) is 1. The van der Waals surface area contributed by atoms with E-state index in [2.05, 4.69) is 5.32 Å². The molecular formula is C12H20N2O3. The van der Waals surface area contributed by atoms with Crippen molar-refractivity contribution in [2.24, 2.45) is 5.41 Å². The molecule has 1 atom stereocenters. The van der Waals surface area contributed by atoms with E-state index in [0.717, 1.165) is 5.57 Å². The molecule has 1 heterocycles. The standard InChI is InChI=1S/C12H20N2O3/c1-9(2)4-6-13-11(17)14-7-5-12(3,8-14)10(15)16/h4H,5-8H2,1-3H3,(H,13,17)(H,15,16). The summed E-state index contributed by atoms with van der Waals surface area (Å²) in [5, 5.41) is 11.8. The molecule has 1 saturated heterocycles. The van der Waals surface area contributed by atoms with Gasteiger partial charge in [-0.15, -0.1) is 0 Å². The summed E-state index contributed by atoms with van der Waals surface area (Å²) in [5.41, 5.74) is 0.343. The zero-order chi connectivity index (χ0) is 13.1. The number of urea groups is 1. The minimum Gasteiger partial charge on any atom is -0.481 e. The number of allylic oxidation sites excluding steroid dienone is 1. The number of aliphatic carboxylic acids is 1. The summed E-state index contributed by atoms with van der Waals surface area (Å²) in [6.45, 7) is 6.87. The van der Waals surface area contributed by atoms with Crippen molar-refractivity contribution >= 4 is 12.0 Å². The molecule has 1 rings (SSSR count). The molecule has 1 fully saturated rings. The third-order valence-electron chi connectivity index (χ3n) is 3.04. The van der Waals surface area contributed by atoms with Crippen LogP contribution in [0.4, 0.5) is 4.79 Å². The summed E-state index contributed by atoms with van der Waals surface area (Å²) in [5.74, 6) is -0.836. The molecular weight excluding hydrogens is 220 g/mol. The molecule has 1 unspecified atom stereocenters. The third-order valence-corrected chi connectivity index (χ3v) is 3.04. The van der Waals surface area contributed by atoms with Crippen molar-refractivity contribution in [1.82, 2.24) is 10.2 Å². The molecule has 0 spiro atoms. The van der Waals surface area contributed by atoms with Gasteiger partial charge in [-0.1, -0.05) is 11.6 Å². The maximum absolute atomic E-state index is 11.7. The number of carboxylic acids is 1. The number of nitrogens with zero attached hydrogens (tertiary/aromatic N) is 1. The fourth-order valence-electron chi connectivity index (χ4n) is 1.76. The molecule has 0 radical (unpaired) electrons. The van der Waals surface area contributed by atoms with Crippen molar-refractivity contribution in [3.8, 4) is 0 Å². The Morgan fingerprint density at radius 2 is 2.12 bits per heavy atom. The van der Waals surface area contributed by atoms with Crippen LogP contribution in [0.25, 0.3) is 0 Å². The van der Waals surface area contributed by atoms with Crippen LogP contribution in [0.1, 0.15) is 27.2 Å². The molecule has 0 aliphatic carbocycles. The normalized spacial score (nSPS) is 23.4. The van der Waals surface area contributed by atoms with Crippen molar-refractivity contribution in [3.63, 3.8) is 0 Å². The second-order valence-corrected chi connectivity index (χ2v) is 5.00. The highest BCUT2D eigenvalue weighted by Gasteiger charge is 2.41. The van der Waals surface area contributed by atoms with Gasteiger partial charge in [-0.3, -0.25) is 4.79 Å². The zero-order valence-corrected chi connectivity index (χ0v) is 10.6. The van der Waals surface area contributed by atoms with Gasteiger partial charge in [-0.2, -0.15) is 0 Å². The lowest BCUT2D eigenvalue weighted by molar-refractivity contribution is -0.146. The number of likely N-dealkylation sites (tertiary alicyclic amines) is 1. The smallest absolute Gasteiger partial charge is 0.317 e. The molecule has 5 nitrogen and oxygen atoms in total. The molecule has 96 valence electrons. The molecule has 0 aromatic heterocycles. The van der Waals surface area contributed by atoms with Crippen LogP contribution in [0.2, 0.25) is 0 Å². The lowest BCUT2D eigenvalue weighted by Gasteiger charge is -2.20. The van der Waals surface area contributed by atoms with Gasteiger partial charge in [0.15, 0.2) is 0 Å². The highest BCUT2D eigenvalue weighted by atomic mass is 16.4. The first kappa shape index (κ1) is 13.5. The van der Waals surface area contributed by atoms with E-state index in [1.54, 1.807) is 11.8 Å². The number of rotatable bonds is 3. The molecule has 0 aromatic carbocycles. The Kier molecular flexibility index (Phi) is 4.15. The van der Waals surface area contributed by atoms with Crippen LogP contribution in [-0.4, -0.2) is 41.6 Å². The van der Waals surface area contributed by atoms with Gasteiger partial charge in [0.1, 0.15) is 0 Å². The molecule has 2 N–H and O–H groups in total. The van der Waals surface area contributed by atoms with E-state index in [9.17, 15) is 9.59 Å². The predicted octanol–water partition coefficient (Wildman–Crippen LogP) is 1.46. The summed E-state index contributed by atoms with van der Waals surface area (Å²) >= 11 is 0. The monoisotopic (exact) mass is 240 g/mol. The Morgan fingerprint density at radius 3 is 2.59 bits per heavy atom. The fourth-order valence-corrected chi connectivity index (χ4v) is 1.76. The van der Waals surface area contributed by atoms with Gasteiger partial charge in [0.2, 0.25) is 0 Å². The van der Waals surface area contributed by atoms with E-state index in [4.69, 9.17) is 5.11 Å². The highest BCUT2D eigenvalue weighted by molar-refractivity contribution is 5.79. The number of carboxylic acid groups (broad SMARTS) is 1. The zero-order valence-electron chi connectivity index (χ0n) is 10.6. The van der Waals surface area contributed by atoms with Crippen LogP contribution in [0.3, 0.4) is 0 Å². The molecule has 0 bridgehead atoms. The van der Waals surface area contributed by atoms with Gasteiger partial charge in [-0.05, 0) is 27.2 Å². The number of hydrogen-bond donors (Lipinski definition) is 2. The maximum atomic E-state index is 11.7. The average molecular weight is 240 g/mol. The number of carbonyl (C=O) groups excluding carboxylic acids is 1. The molecule has 0 aromatic rings. The summed E-state index contributed by atoms with van der Waals surface area (Å²) < 4.78 is 0.